The van der Waals surface area contributed by atoms with E-state index in [0.717, 1.165) is 0 Å². The molecule has 3 heteroatoms. The molecular weight excluding hydrogens is 167 g/mol. The van der Waals surface area contributed by atoms with Crippen LogP contribution < -0.4 is 0 Å². The van der Waals surface area contributed by atoms with Gasteiger partial charge in [-0.15, -0.1) is 0 Å². The molecule has 0 aliphatic heterocycles. The van der Waals surface area contributed by atoms with Crippen molar-refractivity contribution < 1.29 is 9.50 Å². The molecule has 0 heterocycles. The molecule has 1 aromatic rings. The molecule has 0 bridgehead atoms. The van der Waals surface area contributed by atoms with Crippen molar-refractivity contribution in [3.8, 4) is 0 Å². The summed E-state index contributed by atoms with van der Waals surface area (Å²) in [7, 11) is 0. The van der Waals surface area contributed by atoms with Gasteiger partial charge in [-0.2, -0.15) is 0 Å². The highest BCUT2D eigenvalue weighted by molar-refractivity contribution is 6.31. The van der Waals surface area contributed by atoms with Crippen LogP contribution in [0, 0.1) is 12.7 Å². The first kappa shape index (κ1) is 8.50. The van der Waals surface area contributed by atoms with E-state index >= 15 is 0 Å². The van der Waals surface area contributed by atoms with Gasteiger partial charge in [0.25, 0.3) is 0 Å². The van der Waals surface area contributed by atoms with Gasteiger partial charge in [-0.3, -0.25) is 0 Å². The van der Waals surface area contributed by atoms with Crippen LogP contribution in [0.1, 0.15) is 11.1 Å². The van der Waals surface area contributed by atoms with Crippen molar-refractivity contribution in [3.63, 3.8) is 0 Å². The van der Waals surface area contributed by atoms with Crippen LogP contribution >= 0.6 is 11.6 Å². The third-order valence-electron chi connectivity index (χ3n) is 1.57. The standard InChI is InChI=1S/C8H8ClFO/c1-5-7(9)3-2-6(4-11)8(5)10/h2-3,11H,4H2,1H3. The largest absolute Gasteiger partial charge is 0.392 e. The molecule has 60 valence electrons. The van der Waals surface area contributed by atoms with Gasteiger partial charge in [0.15, 0.2) is 0 Å². The summed E-state index contributed by atoms with van der Waals surface area (Å²) in [5.74, 6) is -0.417. The first-order valence-corrected chi connectivity index (χ1v) is 3.59. The summed E-state index contributed by atoms with van der Waals surface area (Å²) in [6.07, 6.45) is 0. The number of benzene rings is 1. The van der Waals surface area contributed by atoms with Crippen molar-refractivity contribution in [2.24, 2.45) is 0 Å². The molecule has 1 rings (SSSR count). The lowest BCUT2D eigenvalue weighted by Crippen LogP contribution is -1.93. The Morgan fingerprint density at radius 2 is 2.18 bits per heavy atom. The van der Waals surface area contributed by atoms with Crippen molar-refractivity contribution in [2.45, 2.75) is 13.5 Å². The van der Waals surface area contributed by atoms with Gasteiger partial charge in [-0.25, -0.2) is 4.39 Å². The fourth-order valence-corrected chi connectivity index (χ4v) is 0.986. The highest BCUT2D eigenvalue weighted by Crippen LogP contribution is 2.20. The average Bonchev–Trinajstić information content (AvgIpc) is 2.01. The Morgan fingerprint density at radius 1 is 1.55 bits per heavy atom. The lowest BCUT2D eigenvalue weighted by atomic mass is 10.1. The van der Waals surface area contributed by atoms with E-state index in [-0.39, 0.29) is 12.2 Å². The van der Waals surface area contributed by atoms with E-state index in [2.05, 4.69) is 0 Å². The van der Waals surface area contributed by atoms with Crippen LogP contribution in [0.4, 0.5) is 4.39 Å². The zero-order valence-electron chi connectivity index (χ0n) is 6.06. The molecule has 0 aliphatic carbocycles. The van der Waals surface area contributed by atoms with Crippen molar-refractivity contribution >= 4 is 11.6 Å². The van der Waals surface area contributed by atoms with Gasteiger partial charge in [0.2, 0.25) is 0 Å². The monoisotopic (exact) mass is 174 g/mol. The predicted octanol–water partition coefficient (Wildman–Crippen LogP) is 2.28. The lowest BCUT2D eigenvalue weighted by molar-refractivity contribution is 0.275. The Bertz CT molecular complexity index is 273. The van der Waals surface area contributed by atoms with E-state index in [0.29, 0.717) is 10.6 Å². The molecule has 0 amide bonds. The molecule has 1 aromatic carbocycles. The maximum atomic E-state index is 13.0. The van der Waals surface area contributed by atoms with Crippen molar-refractivity contribution in [1.82, 2.24) is 0 Å². The van der Waals surface area contributed by atoms with E-state index in [9.17, 15) is 4.39 Å². The SMILES string of the molecule is Cc1c(Cl)ccc(CO)c1F. The zero-order chi connectivity index (χ0) is 8.43. The van der Waals surface area contributed by atoms with Crippen LogP contribution in [0.25, 0.3) is 0 Å². The van der Waals surface area contributed by atoms with Gasteiger partial charge < -0.3 is 5.11 Å². The summed E-state index contributed by atoms with van der Waals surface area (Å²) in [4.78, 5) is 0. The van der Waals surface area contributed by atoms with E-state index in [4.69, 9.17) is 16.7 Å². The third-order valence-corrected chi connectivity index (χ3v) is 1.98. The molecule has 0 saturated carbocycles. The molecule has 0 saturated heterocycles. The lowest BCUT2D eigenvalue weighted by Gasteiger charge is -2.03. The highest BCUT2D eigenvalue weighted by atomic mass is 35.5. The molecule has 0 radical (unpaired) electrons. The number of aliphatic hydroxyl groups is 1. The topological polar surface area (TPSA) is 20.2 Å². The molecule has 0 unspecified atom stereocenters. The summed E-state index contributed by atoms with van der Waals surface area (Å²) < 4.78 is 13.0. The number of aliphatic hydroxyl groups excluding tert-OH is 1. The number of halogens is 2. The second-order valence-electron chi connectivity index (χ2n) is 2.30. The van der Waals surface area contributed by atoms with Crippen LogP contribution in [0.5, 0.6) is 0 Å². The van der Waals surface area contributed by atoms with E-state index < -0.39 is 5.82 Å². The van der Waals surface area contributed by atoms with E-state index in [1.807, 2.05) is 0 Å². The van der Waals surface area contributed by atoms with Gasteiger partial charge in [0, 0.05) is 16.1 Å². The number of hydrogen-bond acceptors (Lipinski definition) is 1. The molecule has 0 fully saturated rings. The Hall–Kier alpha value is -0.600. The Balaban J connectivity index is 3.25. The van der Waals surface area contributed by atoms with Gasteiger partial charge >= 0.3 is 0 Å². The van der Waals surface area contributed by atoms with Gasteiger partial charge in [0.05, 0.1) is 6.61 Å². The van der Waals surface area contributed by atoms with Crippen LogP contribution in [-0.2, 0) is 6.61 Å². The normalized spacial score (nSPS) is 10.2. The maximum absolute atomic E-state index is 13.0. The molecule has 0 spiro atoms. The Kier molecular flexibility index (Phi) is 2.47. The minimum atomic E-state index is -0.417. The minimum absolute atomic E-state index is 0.284. The summed E-state index contributed by atoms with van der Waals surface area (Å²) >= 11 is 5.62. The predicted molar refractivity (Wildman–Crippen MR) is 42.1 cm³/mol. The second-order valence-corrected chi connectivity index (χ2v) is 2.71. The zero-order valence-corrected chi connectivity index (χ0v) is 6.82. The van der Waals surface area contributed by atoms with Crippen molar-refractivity contribution in [1.29, 1.82) is 0 Å². The molecule has 1 nitrogen and oxygen atoms in total. The minimum Gasteiger partial charge on any atom is -0.392 e. The first-order valence-electron chi connectivity index (χ1n) is 3.21. The van der Waals surface area contributed by atoms with Crippen molar-refractivity contribution in [3.05, 3.63) is 34.1 Å². The second kappa shape index (κ2) is 3.20. The first-order chi connectivity index (χ1) is 5.16. The summed E-state index contributed by atoms with van der Waals surface area (Å²) in [5, 5.41) is 9.04. The fourth-order valence-electron chi connectivity index (χ4n) is 0.840. The smallest absolute Gasteiger partial charge is 0.133 e. The molecule has 0 aliphatic rings. The molecule has 1 N–H and O–H groups in total. The van der Waals surface area contributed by atoms with Crippen LogP contribution in [-0.4, -0.2) is 5.11 Å². The third kappa shape index (κ3) is 1.52. The Morgan fingerprint density at radius 3 is 2.73 bits per heavy atom. The fraction of sp³-hybridized carbons (Fsp3) is 0.250. The average molecular weight is 175 g/mol. The molecular formula is C8H8ClFO. The molecule has 0 aromatic heterocycles. The van der Waals surface area contributed by atoms with Gasteiger partial charge in [-0.1, -0.05) is 17.7 Å². The van der Waals surface area contributed by atoms with Crippen LogP contribution in [0.3, 0.4) is 0 Å². The van der Waals surface area contributed by atoms with Crippen LogP contribution in [0.15, 0.2) is 12.1 Å². The van der Waals surface area contributed by atoms with Gasteiger partial charge in [0.1, 0.15) is 5.82 Å². The summed E-state index contributed by atoms with van der Waals surface area (Å²) in [6.45, 7) is 1.29. The highest BCUT2D eigenvalue weighted by Gasteiger charge is 2.06. The van der Waals surface area contributed by atoms with Crippen LogP contribution in [0.2, 0.25) is 5.02 Å². The van der Waals surface area contributed by atoms with Crippen molar-refractivity contribution in [2.75, 3.05) is 0 Å². The molecule has 0 atom stereocenters. The number of hydrogen-bond donors (Lipinski definition) is 1. The maximum Gasteiger partial charge on any atom is 0.133 e. The Labute approximate surface area is 69.4 Å². The summed E-state index contributed by atoms with van der Waals surface area (Å²) in [6, 6.07) is 3.05. The quantitative estimate of drug-likeness (QED) is 0.693. The summed E-state index contributed by atoms with van der Waals surface area (Å²) in [5.41, 5.74) is 0.671. The van der Waals surface area contributed by atoms with Gasteiger partial charge in [-0.05, 0) is 13.0 Å². The molecule has 11 heavy (non-hydrogen) atoms. The van der Waals surface area contributed by atoms with E-state index in [1.165, 1.54) is 6.07 Å². The van der Waals surface area contributed by atoms with E-state index in [1.54, 1.807) is 13.0 Å². The number of rotatable bonds is 1.